The third kappa shape index (κ3) is 1.29. The fraction of sp³-hybridized carbons (Fsp3) is 0.500. The lowest BCUT2D eigenvalue weighted by molar-refractivity contribution is 0.135. The molecule has 1 aliphatic rings. The molecular formula is C8H9F2N3. The zero-order valence-electron chi connectivity index (χ0n) is 6.82. The third-order valence-electron chi connectivity index (χ3n) is 2.22. The molecule has 0 spiro atoms. The molecule has 3 unspecified atom stereocenters. The fourth-order valence-corrected chi connectivity index (χ4v) is 1.54. The van der Waals surface area contributed by atoms with E-state index >= 15 is 0 Å². The maximum absolute atomic E-state index is 13.2. The van der Waals surface area contributed by atoms with Crippen LogP contribution in [0.3, 0.4) is 0 Å². The summed E-state index contributed by atoms with van der Waals surface area (Å²) in [5.41, 5.74) is 6.22. The normalized spacial score (nSPS) is 32.7. The summed E-state index contributed by atoms with van der Waals surface area (Å²) in [5.74, 6) is 0. The van der Waals surface area contributed by atoms with Gasteiger partial charge in [-0.2, -0.15) is 0 Å². The van der Waals surface area contributed by atoms with Gasteiger partial charge in [-0.3, -0.25) is 0 Å². The van der Waals surface area contributed by atoms with Crippen molar-refractivity contribution in [3.8, 4) is 0 Å². The van der Waals surface area contributed by atoms with E-state index in [1.807, 2.05) is 0 Å². The average Bonchev–Trinajstić information content (AvgIpc) is 2.15. The van der Waals surface area contributed by atoms with Gasteiger partial charge in [-0.05, 0) is 0 Å². The van der Waals surface area contributed by atoms with Crippen molar-refractivity contribution in [2.24, 2.45) is 5.73 Å². The number of aromatic nitrogens is 2. The van der Waals surface area contributed by atoms with Gasteiger partial charge in [0, 0.05) is 18.2 Å². The molecule has 5 heteroatoms. The molecule has 0 aromatic carbocycles. The minimum Gasteiger partial charge on any atom is -0.323 e. The van der Waals surface area contributed by atoms with E-state index in [1.165, 1.54) is 12.5 Å². The van der Waals surface area contributed by atoms with Crippen LogP contribution in [0, 0.1) is 0 Å². The Morgan fingerprint density at radius 1 is 1.46 bits per heavy atom. The van der Waals surface area contributed by atoms with E-state index in [-0.39, 0.29) is 12.0 Å². The van der Waals surface area contributed by atoms with Crippen molar-refractivity contribution in [2.45, 2.75) is 24.8 Å². The van der Waals surface area contributed by atoms with E-state index < -0.39 is 18.4 Å². The van der Waals surface area contributed by atoms with E-state index in [9.17, 15) is 8.78 Å². The van der Waals surface area contributed by atoms with Gasteiger partial charge in [0.25, 0.3) is 0 Å². The Balaban J connectivity index is 2.47. The first-order chi connectivity index (χ1) is 6.20. The first kappa shape index (κ1) is 8.50. The van der Waals surface area contributed by atoms with Crippen molar-refractivity contribution in [3.05, 3.63) is 23.8 Å². The van der Waals surface area contributed by atoms with Crippen molar-refractivity contribution in [1.82, 2.24) is 9.97 Å². The Bertz CT molecular complexity index is 318. The Morgan fingerprint density at radius 2 is 2.23 bits per heavy atom. The molecule has 0 amide bonds. The van der Waals surface area contributed by atoms with E-state index in [4.69, 9.17) is 5.73 Å². The standard InChI is InChI=1S/C8H9F2N3/c9-5-1-6(11)8-4(7(5)10)2-12-3-13-8/h2-3,5-7H,1,11H2. The SMILES string of the molecule is NC1CC(F)C(F)c2cncnc21. The highest BCUT2D eigenvalue weighted by molar-refractivity contribution is 5.26. The molecule has 1 aromatic heterocycles. The molecule has 0 saturated heterocycles. The maximum atomic E-state index is 13.2. The molecule has 0 fully saturated rings. The number of halogens is 2. The van der Waals surface area contributed by atoms with Gasteiger partial charge in [-0.25, -0.2) is 18.7 Å². The summed E-state index contributed by atoms with van der Waals surface area (Å²) >= 11 is 0. The highest BCUT2D eigenvalue weighted by Gasteiger charge is 2.34. The lowest BCUT2D eigenvalue weighted by Gasteiger charge is -2.26. The molecule has 70 valence electrons. The lowest BCUT2D eigenvalue weighted by Crippen LogP contribution is -2.28. The number of hydrogen-bond donors (Lipinski definition) is 1. The smallest absolute Gasteiger partial charge is 0.160 e. The van der Waals surface area contributed by atoms with Crippen LogP contribution in [0.2, 0.25) is 0 Å². The van der Waals surface area contributed by atoms with E-state index in [2.05, 4.69) is 9.97 Å². The Morgan fingerprint density at radius 3 is 3.00 bits per heavy atom. The van der Waals surface area contributed by atoms with Crippen molar-refractivity contribution in [1.29, 1.82) is 0 Å². The quantitative estimate of drug-likeness (QED) is 0.661. The highest BCUT2D eigenvalue weighted by Crippen LogP contribution is 2.37. The van der Waals surface area contributed by atoms with Gasteiger partial charge in [-0.15, -0.1) is 0 Å². The largest absolute Gasteiger partial charge is 0.323 e. The van der Waals surface area contributed by atoms with Crippen LogP contribution in [-0.4, -0.2) is 16.1 Å². The van der Waals surface area contributed by atoms with Crippen LogP contribution in [0.15, 0.2) is 12.5 Å². The molecule has 0 aliphatic heterocycles. The van der Waals surface area contributed by atoms with Gasteiger partial charge in [0.1, 0.15) is 12.5 Å². The molecule has 0 radical (unpaired) electrons. The average molecular weight is 185 g/mol. The molecule has 2 N–H and O–H groups in total. The van der Waals surface area contributed by atoms with E-state index in [0.717, 1.165) is 0 Å². The van der Waals surface area contributed by atoms with Crippen molar-refractivity contribution < 1.29 is 8.78 Å². The summed E-state index contributed by atoms with van der Waals surface area (Å²) < 4.78 is 26.2. The van der Waals surface area contributed by atoms with Crippen LogP contribution in [0.5, 0.6) is 0 Å². The predicted octanol–water partition coefficient (Wildman–Crippen LogP) is 1.23. The molecule has 3 atom stereocenters. The minimum atomic E-state index is -1.63. The van der Waals surface area contributed by atoms with Gasteiger partial charge >= 0.3 is 0 Å². The van der Waals surface area contributed by atoms with Crippen LogP contribution >= 0.6 is 0 Å². The highest BCUT2D eigenvalue weighted by atomic mass is 19.2. The maximum Gasteiger partial charge on any atom is 0.160 e. The Labute approximate surface area is 74.0 Å². The summed E-state index contributed by atoms with van der Waals surface area (Å²) in [7, 11) is 0. The summed E-state index contributed by atoms with van der Waals surface area (Å²) in [6, 6.07) is -0.514. The number of hydrogen-bond acceptors (Lipinski definition) is 3. The minimum absolute atomic E-state index is 0.00875. The molecule has 0 bridgehead atoms. The molecule has 1 heterocycles. The van der Waals surface area contributed by atoms with Crippen LogP contribution in [0.25, 0.3) is 0 Å². The molecule has 1 aliphatic carbocycles. The molecular weight excluding hydrogens is 176 g/mol. The van der Waals surface area contributed by atoms with Gasteiger partial charge in [0.2, 0.25) is 0 Å². The summed E-state index contributed by atoms with van der Waals surface area (Å²) in [5, 5.41) is 0. The zero-order chi connectivity index (χ0) is 9.42. The second-order valence-corrected chi connectivity index (χ2v) is 3.12. The molecule has 1 aromatic rings. The zero-order valence-corrected chi connectivity index (χ0v) is 6.82. The number of rotatable bonds is 0. The van der Waals surface area contributed by atoms with Crippen molar-refractivity contribution >= 4 is 0 Å². The summed E-state index contributed by atoms with van der Waals surface area (Å²) in [6.07, 6.45) is -0.585. The van der Waals surface area contributed by atoms with Crippen LogP contribution < -0.4 is 5.73 Å². The number of alkyl halides is 2. The molecule has 3 nitrogen and oxygen atoms in total. The van der Waals surface area contributed by atoms with Crippen LogP contribution in [0.4, 0.5) is 8.78 Å². The van der Waals surface area contributed by atoms with Gasteiger partial charge in [0.05, 0.1) is 11.7 Å². The summed E-state index contributed by atoms with van der Waals surface area (Å²) in [4.78, 5) is 7.49. The number of nitrogens with zero attached hydrogens (tertiary/aromatic N) is 2. The van der Waals surface area contributed by atoms with Crippen molar-refractivity contribution in [3.63, 3.8) is 0 Å². The van der Waals surface area contributed by atoms with E-state index in [1.54, 1.807) is 0 Å². The Kier molecular flexibility index (Phi) is 1.95. The van der Waals surface area contributed by atoms with Gasteiger partial charge in [-0.1, -0.05) is 0 Å². The topological polar surface area (TPSA) is 51.8 Å². The number of nitrogens with two attached hydrogens (primary N) is 1. The first-order valence-corrected chi connectivity index (χ1v) is 4.03. The van der Waals surface area contributed by atoms with Crippen LogP contribution in [-0.2, 0) is 0 Å². The van der Waals surface area contributed by atoms with Gasteiger partial charge in [0.15, 0.2) is 6.17 Å². The second kappa shape index (κ2) is 2.99. The lowest BCUT2D eigenvalue weighted by atomic mass is 9.90. The summed E-state index contributed by atoms with van der Waals surface area (Å²) in [6.45, 7) is 0. The van der Waals surface area contributed by atoms with Gasteiger partial charge < -0.3 is 5.73 Å². The number of fused-ring (bicyclic) bond motifs is 1. The predicted molar refractivity (Wildman–Crippen MR) is 42.3 cm³/mol. The second-order valence-electron chi connectivity index (χ2n) is 3.12. The van der Waals surface area contributed by atoms with Crippen molar-refractivity contribution in [2.75, 3.05) is 0 Å². The molecule has 13 heavy (non-hydrogen) atoms. The first-order valence-electron chi connectivity index (χ1n) is 4.03. The van der Waals surface area contributed by atoms with E-state index in [0.29, 0.717) is 5.69 Å². The molecule has 2 rings (SSSR count). The monoisotopic (exact) mass is 185 g/mol. The molecule has 0 saturated carbocycles. The fourth-order valence-electron chi connectivity index (χ4n) is 1.54. The third-order valence-corrected chi connectivity index (χ3v) is 2.22. The Hall–Kier alpha value is -1.10. The van der Waals surface area contributed by atoms with Crippen LogP contribution in [0.1, 0.15) is 29.9 Å².